The van der Waals surface area contributed by atoms with Crippen LogP contribution in [-0.4, -0.2) is 51.7 Å². The predicted molar refractivity (Wildman–Crippen MR) is 83.3 cm³/mol. The summed E-state index contributed by atoms with van der Waals surface area (Å²) < 4.78 is 4.76. The minimum absolute atomic E-state index is 0.395. The van der Waals surface area contributed by atoms with Crippen molar-refractivity contribution in [1.29, 1.82) is 0 Å². The lowest BCUT2D eigenvalue weighted by molar-refractivity contribution is 0.0602. The number of likely N-dealkylation sites (N-methyl/N-ethyl adjacent to an activating group) is 1. The Morgan fingerprint density at radius 2 is 1.95 bits per heavy atom. The van der Waals surface area contributed by atoms with E-state index in [1.165, 1.54) is 7.11 Å². The Hall–Kier alpha value is -1.75. The zero-order valence-electron chi connectivity index (χ0n) is 12.8. The van der Waals surface area contributed by atoms with Gasteiger partial charge >= 0.3 is 5.97 Å². The Kier molecular flexibility index (Phi) is 6.31. The Labute approximate surface area is 121 Å². The van der Waals surface area contributed by atoms with Crippen molar-refractivity contribution in [3.63, 3.8) is 0 Å². The summed E-state index contributed by atoms with van der Waals surface area (Å²) in [5.74, 6) is -0.395. The summed E-state index contributed by atoms with van der Waals surface area (Å²) in [6.07, 6.45) is 1.02. The van der Waals surface area contributed by atoms with Crippen LogP contribution in [0, 0.1) is 0 Å². The lowest BCUT2D eigenvalue weighted by Crippen LogP contribution is -2.33. The molecule has 0 bridgehead atoms. The van der Waals surface area contributed by atoms with E-state index in [1.807, 2.05) is 26.2 Å². The molecule has 0 aliphatic rings. The van der Waals surface area contributed by atoms with E-state index in [-0.39, 0.29) is 0 Å². The first-order valence-corrected chi connectivity index (χ1v) is 6.87. The predicted octanol–water partition coefficient (Wildman–Crippen LogP) is 1.83. The number of rotatable bonds is 7. The quantitative estimate of drug-likeness (QED) is 0.609. The maximum atomic E-state index is 11.7. The molecule has 1 aromatic rings. The number of hydrogen-bond acceptors (Lipinski definition) is 5. The standard InChI is InChI=1S/C15H25N3O2/c1-5-9-18(11-10-17(2)3)13-8-6-7-12(14(13)16)15(19)20-4/h6-8H,5,9-11,16H2,1-4H3. The zero-order chi connectivity index (χ0) is 15.1. The van der Waals surface area contributed by atoms with E-state index in [0.717, 1.165) is 31.7 Å². The van der Waals surface area contributed by atoms with Gasteiger partial charge in [-0.3, -0.25) is 0 Å². The Balaban J connectivity index is 3.03. The van der Waals surface area contributed by atoms with Crippen molar-refractivity contribution >= 4 is 17.3 Å². The van der Waals surface area contributed by atoms with Gasteiger partial charge in [0.05, 0.1) is 24.0 Å². The lowest BCUT2D eigenvalue weighted by Gasteiger charge is -2.27. The van der Waals surface area contributed by atoms with Crippen molar-refractivity contribution in [3.8, 4) is 0 Å². The minimum atomic E-state index is -0.395. The maximum absolute atomic E-state index is 11.7. The highest BCUT2D eigenvalue weighted by molar-refractivity contribution is 5.98. The van der Waals surface area contributed by atoms with Gasteiger partial charge in [-0.25, -0.2) is 4.79 Å². The number of carbonyl (C=O) groups excluding carboxylic acids is 1. The number of methoxy groups -OCH3 is 1. The molecule has 0 unspecified atom stereocenters. The smallest absolute Gasteiger partial charge is 0.340 e. The van der Waals surface area contributed by atoms with Gasteiger partial charge < -0.3 is 20.3 Å². The fourth-order valence-corrected chi connectivity index (χ4v) is 2.06. The van der Waals surface area contributed by atoms with E-state index in [2.05, 4.69) is 16.7 Å². The molecule has 5 nitrogen and oxygen atoms in total. The largest absolute Gasteiger partial charge is 0.465 e. The summed E-state index contributed by atoms with van der Waals surface area (Å²) in [7, 11) is 5.45. The molecule has 0 atom stereocenters. The molecule has 0 saturated carbocycles. The SMILES string of the molecule is CCCN(CCN(C)C)c1cccc(C(=O)OC)c1N. The van der Waals surface area contributed by atoms with Gasteiger partial charge in [-0.15, -0.1) is 0 Å². The first-order valence-electron chi connectivity index (χ1n) is 6.87. The molecule has 20 heavy (non-hydrogen) atoms. The fourth-order valence-electron chi connectivity index (χ4n) is 2.06. The summed E-state index contributed by atoms with van der Waals surface area (Å²) in [4.78, 5) is 16.0. The molecule has 112 valence electrons. The summed E-state index contributed by atoms with van der Waals surface area (Å²) in [5, 5.41) is 0. The highest BCUT2D eigenvalue weighted by Crippen LogP contribution is 2.27. The average molecular weight is 279 g/mol. The first-order chi connectivity index (χ1) is 9.51. The van der Waals surface area contributed by atoms with Crippen LogP contribution in [0.25, 0.3) is 0 Å². The van der Waals surface area contributed by atoms with E-state index < -0.39 is 5.97 Å². The van der Waals surface area contributed by atoms with Gasteiger partial charge in [0.25, 0.3) is 0 Å². The topological polar surface area (TPSA) is 58.8 Å². The van der Waals surface area contributed by atoms with Crippen LogP contribution in [0.4, 0.5) is 11.4 Å². The number of nitrogens with zero attached hydrogens (tertiary/aromatic N) is 2. The number of hydrogen-bond donors (Lipinski definition) is 1. The number of para-hydroxylation sites is 1. The molecule has 1 rings (SSSR count). The van der Waals surface area contributed by atoms with E-state index in [0.29, 0.717) is 11.3 Å². The summed E-state index contributed by atoms with van der Waals surface area (Å²) in [6, 6.07) is 5.49. The monoisotopic (exact) mass is 279 g/mol. The third-order valence-corrected chi connectivity index (χ3v) is 3.14. The van der Waals surface area contributed by atoms with Crippen LogP contribution < -0.4 is 10.6 Å². The fraction of sp³-hybridized carbons (Fsp3) is 0.533. The van der Waals surface area contributed by atoms with E-state index in [9.17, 15) is 4.79 Å². The van der Waals surface area contributed by atoms with Crippen molar-refractivity contribution in [2.24, 2.45) is 0 Å². The second kappa shape index (κ2) is 7.75. The molecule has 0 aliphatic heterocycles. The van der Waals surface area contributed by atoms with Crippen molar-refractivity contribution in [3.05, 3.63) is 23.8 Å². The molecule has 1 aromatic carbocycles. The Morgan fingerprint density at radius 3 is 2.50 bits per heavy atom. The number of nitrogens with two attached hydrogens (primary N) is 1. The summed E-state index contributed by atoms with van der Waals surface area (Å²) in [6.45, 7) is 4.84. The Morgan fingerprint density at radius 1 is 1.25 bits per heavy atom. The molecular weight excluding hydrogens is 254 g/mol. The number of anilines is 2. The molecule has 0 aliphatic carbocycles. The van der Waals surface area contributed by atoms with Crippen molar-refractivity contribution < 1.29 is 9.53 Å². The van der Waals surface area contributed by atoms with Crippen LogP contribution in [0.1, 0.15) is 23.7 Å². The third-order valence-electron chi connectivity index (χ3n) is 3.14. The van der Waals surface area contributed by atoms with Crippen molar-refractivity contribution in [2.75, 3.05) is 51.5 Å². The number of ether oxygens (including phenoxy) is 1. The molecule has 0 amide bonds. The molecule has 5 heteroatoms. The number of benzene rings is 1. The van der Waals surface area contributed by atoms with Crippen LogP contribution in [0.5, 0.6) is 0 Å². The van der Waals surface area contributed by atoms with Gasteiger partial charge in [0.1, 0.15) is 0 Å². The normalized spacial score (nSPS) is 10.7. The minimum Gasteiger partial charge on any atom is -0.465 e. The summed E-state index contributed by atoms with van der Waals surface area (Å²) >= 11 is 0. The van der Waals surface area contributed by atoms with Crippen LogP contribution in [0.3, 0.4) is 0 Å². The van der Waals surface area contributed by atoms with Gasteiger partial charge in [-0.1, -0.05) is 13.0 Å². The highest BCUT2D eigenvalue weighted by Gasteiger charge is 2.16. The van der Waals surface area contributed by atoms with Crippen LogP contribution >= 0.6 is 0 Å². The van der Waals surface area contributed by atoms with Crippen LogP contribution in [0.2, 0.25) is 0 Å². The van der Waals surface area contributed by atoms with Crippen LogP contribution in [-0.2, 0) is 4.74 Å². The van der Waals surface area contributed by atoms with Gasteiger partial charge in [-0.2, -0.15) is 0 Å². The van der Waals surface area contributed by atoms with Crippen LogP contribution in [0.15, 0.2) is 18.2 Å². The lowest BCUT2D eigenvalue weighted by atomic mass is 10.1. The first kappa shape index (κ1) is 16.3. The zero-order valence-corrected chi connectivity index (χ0v) is 12.8. The number of carbonyl (C=O) groups is 1. The molecule has 0 fully saturated rings. The van der Waals surface area contributed by atoms with Crippen molar-refractivity contribution in [1.82, 2.24) is 4.90 Å². The number of nitrogen functional groups attached to an aromatic ring is 1. The second-order valence-electron chi connectivity index (χ2n) is 5.02. The molecule has 0 radical (unpaired) electrons. The van der Waals surface area contributed by atoms with Gasteiger partial charge in [-0.05, 0) is 32.6 Å². The van der Waals surface area contributed by atoms with E-state index in [1.54, 1.807) is 6.07 Å². The molecular formula is C15H25N3O2. The van der Waals surface area contributed by atoms with Gasteiger partial charge in [0.2, 0.25) is 0 Å². The van der Waals surface area contributed by atoms with Crippen molar-refractivity contribution in [2.45, 2.75) is 13.3 Å². The van der Waals surface area contributed by atoms with Gasteiger partial charge in [0.15, 0.2) is 0 Å². The number of esters is 1. The molecule has 0 aromatic heterocycles. The average Bonchev–Trinajstić information content (AvgIpc) is 2.43. The summed E-state index contributed by atoms with van der Waals surface area (Å²) in [5.41, 5.74) is 7.96. The second-order valence-corrected chi connectivity index (χ2v) is 5.02. The maximum Gasteiger partial charge on any atom is 0.340 e. The molecule has 0 saturated heterocycles. The Bertz CT molecular complexity index is 447. The molecule has 2 N–H and O–H groups in total. The van der Waals surface area contributed by atoms with E-state index in [4.69, 9.17) is 10.5 Å². The van der Waals surface area contributed by atoms with E-state index >= 15 is 0 Å². The molecule has 0 spiro atoms. The van der Waals surface area contributed by atoms with Gasteiger partial charge in [0, 0.05) is 19.6 Å². The highest BCUT2D eigenvalue weighted by atomic mass is 16.5. The molecule has 0 heterocycles. The third kappa shape index (κ3) is 4.13.